The van der Waals surface area contributed by atoms with E-state index in [9.17, 15) is 0 Å². The van der Waals surface area contributed by atoms with Crippen LogP contribution in [0.25, 0.3) is 0 Å². The molecule has 0 unspecified atom stereocenters. The second-order valence-electron chi connectivity index (χ2n) is 6.23. The van der Waals surface area contributed by atoms with E-state index in [0.717, 1.165) is 41.5 Å². The van der Waals surface area contributed by atoms with E-state index in [1.807, 2.05) is 49.4 Å². The summed E-state index contributed by atoms with van der Waals surface area (Å²) >= 11 is 0. The van der Waals surface area contributed by atoms with Gasteiger partial charge in [0.25, 0.3) is 0 Å². The zero-order valence-corrected chi connectivity index (χ0v) is 19.1. The van der Waals surface area contributed by atoms with Gasteiger partial charge in [0.05, 0.1) is 13.2 Å². The van der Waals surface area contributed by atoms with Crippen molar-refractivity contribution in [3.63, 3.8) is 0 Å². The summed E-state index contributed by atoms with van der Waals surface area (Å²) in [7, 11) is 1.69. The Kier molecular flexibility index (Phi) is 9.85. The van der Waals surface area contributed by atoms with Crippen LogP contribution >= 0.6 is 24.0 Å². The molecular weight excluding hydrogens is 485 g/mol. The van der Waals surface area contributed by atoms with Gasteiger partial charge in [0.15, 0.2) is 17.5 Å². The zero-order valence-electron chi connectivity index (χ0n) is 16.8. The van der Waals surface area contributed by atoms with Crippen molar-refractivity contribution in [1.29, 1.82) is 0 Å². The summed E-state index contributed by atoms with van der Waals surface area (Å²) in [6.45, 7) is 4.91. The van der Waals surface area contributed by atoms with Crippen LogP contribution in [-0.4, -0.2) is 39.6 Å². The summed E-state index contributed by atoms with van der Waals surface area (Å²) < 4.78 is 21.6. The van der Waals surface area contributed by atoms with Crippen molar-refractivity contribution in [2.45, 2.75) is 19.9 Å². The fourth-order valence-electron chi connectivity index (χ4n) is 2.71. The molecule has 0 fully saturated rings. The molecule has 7 nitrogen and oxygen atoms in total. The third-order valence-electron chi connectivity index (χ3n) is 4.06. The van der Waals surface area contributed by atoms with Crippen LogP contribution in [0.3, 0.4) is 0 Å². The Morgan fingerprint density at radius 3 is 2.79 bits per heavy atom. The quantitative estimate of drug-likeness (QED) is 0.229. The Labute approximate surface area is 188 Å². The van der Waals surface area contributed by atoms with Gasteiger partial charge in [-0.15, -0.1) is 24.0 Å². The number of guanidine groups is 1. The second kappa shape index (κ2) is 12.4. The van der Waals surface area contributed by atoms with Gasteiger partial charge in [0, 0.05) is 38.4 Å². The molecule has 0 radical (unpaired) electrons. The van der Waals surface area contributed by atoms with Crippen molar-refractivity contribution in [3.05, 3.63) is 48.0 Å². The molecule has 0 amide bonds. The highest BCUT2D eigenvalue weighted by Crippen LogP contribution is 2.32. The van der Waals surface area contributed by atoms with E-state index in [1.54, 1.807) is 7.11 Å². The normalized spacial score (nSPS) is 12.3. The number of nitrogens with one attached hydrogen (secondary N) is 2. The molecule has 1 heterocycles. The van der Waals surface area contributed by atoms with Crippen LogP contribution in [0.2, 0.25) is 0 Å². The van der Waals surface area contributed by atoms with Crippen molar-refractivity contribution in [2.75, 3.05) is 39.0 Å². The van der Waals surface area contributed by atoms with Gasteiger partial charge in [-0.2, -0.15) is 0 Å². The van der Waals surface area contributed by atoms with Crippen LogP contribution in [0.1, 0.15) is 18.9 Å². The van der Waals surface area contributed by atoms with Gasteiger partial charge in [-0.05, 0) is 36.8 Å². The van der Waals surface area contributed by atoms with Crippen LogP contribution in [0.15, 0.2) is 47.5 Å². The summed E-state index contributed by atoms with van der Waals surface area (Å²) in [5, 5.41) is 6.58. The molecule has 0 spiro atoms. The molecule has 1 aliphatic heterocycles. The lowest BCUT2D eigenvalue weighted by atomic mass is 10.2. The Balaban J connectivity index is 0.00000300. The van der Waals surface area contributed by atoms with Crippen LogP contribution in [-0.2, 0) is 11.3 Å². The van der Waals surface area contributed by atoms with Crippen LogP contribution < -0.4 is 24.8 Å². The molecule has 0 bridgehead atoms. The Bertz CT molecular complexity index is 801. The van der Waals surface area contributed by atoms with Crippen molar-refractivity contribution < 1.29 is 18.9 Å². The Morgan fingerprint density at radius 1 is 1.10 bits per heavy atom. The standard InChI is InChI=1S/C21H27N3O4.HI/c1-3-22-21(23-14-16-8-9-19-20(12-16)28-15-27-19)24-17-6-4-7-18(13-17)26-11-5-10-25-2;/h4,6-9,12-13H,3,5,10-11,14-15H2,1-2H3,(H2,22,23,24);1H. The van der Waals surface area contributed by atoms with Gasteiger partial charge in [-0.3, -0.25) is 0 Å². The first-order valence-electron chi connectivity index (χ1n) is 9.44. The predicted octanol–water partition coefficient (Wildman–Crippen LogP) is 4.03. The summed E-state index contributed by atoms with van der Waals surface area (Å²) in [5.74, 6) is 3.06. The van der Waals surface area contributed by atoms with Crippen molar-refractivity contribution in [3.8, 4) is 17.2 Å². The number of aliphatic imine (C=N–C) groups is 1. The molecule has 2 aromatic rings. The summed E-state index contributed by atoms with van der Waals surface area (Å²) in [6.07, 6.45) is 0.855. The number of anilines is 1. The maximum Gasteiger partial charge on any atom is 0.231 e. The first-order valence-corrected chi connectivity index (χ1v) is 9.44. The van der Waals surface area contributed by atoms with E-state index in [0.29, 0.717) is 25.7 Å². The van der Waals surface area contributed by atoms with E-state index in [1.165, 1.54) is 0 Å². The molecule has 0 saturated heterocycles. The smallest absolute Gasteiger partial charge is 0.231 e. The van der Waals surface area contributed by atoms with Gasteiger partial charge in [0.2, 0.25) is 6.79 Å². The van der Waals surface area contributed by atoms with E-state index in [2.05, 4.69) is 15.6 Å². The minimum absolute atomic E-state index is 0. The summed E-state index contributed by atoms with van der Waals surface area (Å²) in [5.41, 5.74) is 1.96. The van der Waals surface area contributed by atoms with Gasteiger partial charge in [-0.25, -0.2) is 4.99 Å². The molecule has 158 valence electrons. The fourth-order valence-corrected chi connectivity index (χ4v) is 2.71. The fraction of sp³-hybridized carbons (Fsp3) is 0.381. The first-order chi connectivity index (χ1) is 13.8. The number of methoxy groups -OCH3 is 1. The minimum atomic E-state index is 0. The third-order valence-corrected chi connectivity index (χ3v) is 4.06. The highest BCUT2D eigenvalue weighted by molar-refractivity contribution is 14.0. The maximum absolute atomic E-state index is 5.76. The average Bonchev–Trinajstić information content (AvgIpc) is 3.18. The minimum Gasteiger partial charge on any atom is -0.493 e. The van der Waals surface area contributed by atoms with Crippen molar-refractivity contribution in [1.82, 2.24) is 5.32 Å². The molecule has 2 N–H and O–H groups in total. The monoisotopic (exact) mass is 513 g/mol. The van der Waals surface area contributed by atoms with E-state index >= 15 is 0 Å². The van der Waals surface area contributed by atoms with Gasteiger partial charge < -0.3 is 29.6 Å². The summed E-state index contributed by atoms with van der Waals surface area (Å²) in [4.78, 5) is 4.66. The zero-order chi connectivity index (χ0) is 19.6. The third kappa shape index (κ3) is 7.28. The molecule has 0 aromatic heterocycles. The van der Waals surface area contributed by atoms with Gasteiger partial charge >= 0.3 is 0 Å². The molecule has 0 atom stereocenters. The van der Waals surface area contributed by atoms with Crippen LogP contribution in [0.4, 0.5) is 5.69 Å². The van der Waals surface area contributed by atoms with Crippen molar-refractivity contribution >= 4 is 35.6 Å². The number of ether oxygens (including phenoxy) is 4. The molecule has 2 aromatic carbocycles. The summed E-state index contributed by atoms with van der Waals surface area (Å²) in [6, 6.07) is 13.7. The molecule has 1 aliphatic rings. The number of fused-ring (bicyclic) bond motifs is 1. The predicted molar refractivity (Wildman–Crippen MR) is 125 cm³/mol. The first kappa shape index (κ1) is 23.1. The van der Waals surface area contributed by atoms with E-state index in [-0.39, 0.29) is 30.8 Å². The molecule has 8 heteroatoms. The molecule has 0 saturated carbocycles. The average molecular weight is 513 g/mol. The lowest BCUT2D eigenvalue weighted by Crippen LogP contribution is -2.30. The molecule has 0 aliphatic carbocycles. The number of hydrogen-bond donors (Lipinski definition) is 2. The number of rotatable bonds is 9. The molecule has 29 heavy (non-hydrogen) atoms. The largest absolute Gasteiger partial charge is 0.493 e. The molecule has 3 rings (SSSR count). The lowest BCUT2D eigenvalue weighted by molar-refractivity contribution is 0.172. The number of benzene rings is 2. The van der Waals surface area contributed by atoms with Gasteiger partial charge in [0.1, 0.15) is 5.75 Å². The number of hydrogen-bond acceptors (Lipinski definition) is 5. The molecular formula is C21H28IN3O4. The van der Waals surface area contributed by atoms with Crippen molar-refractivity contribution in [2.24, 2.45) is 4.99 Å². The highest BCUT2D eigenvalue weighted by Gasteiger charge is 2.13. The SMILES string of the molecule is CCNC(=NCc1ccc2c(c1)OCO2)Nc1cccc(OCCCOC)c1.I. The second-order valence-corrected chi connectivity index (χ2v) is 6.23. The topological polar surface area (TPSA) is 73.3 Å². The van der Waals surface area contributed by atoms with E-state index < -0.39 is 0 Å². The van der Waals surface area contributed by atoms with Crippen LogP contribution in [0.5, 0.6) is 17.2 Å². The lowest BCUT2D eigenvalue weighted by Gasteiger charge is -2.13. The number of halogens is 1. The maximum atomic E-state index is 5.76. The van der Waals surface area contributed by atoms with Gasteiger partial charge in [-0.1, -0.05) is 12.1 Å². The number of nitrogens with zero attached hydrogens (tertiary/aromatic N) is 1. The van der Waals surface area contributed by atoms with Crippen LogP contribution in [0, 0.1) is 0 Å². The highest BCUT2D eigenvalue weighted by atomic mass is 127. The Morgan fingerprint density at radius 2 is 1.97 bits per heavy atom. The van der Waals surface area contributed by atoms with E-state index in [4.69, 9.17) is 18.9 Å². The Hall–Kier alpha value is -2.20.